The van der Waals surface area contributed by atoms with Crippen LogP contribution in [0, 0.1) is 5.92 Å². The molecular formula is C20H32. The molecule has 1 aromatic carbocycles. The van der Waals surface area contributed by atoms with Crippen LogP contribution < -0.4 is 0 Å². The molecule has 0 saturated carbocycles. The van der Waals surface area contributed by atoms with Crippen LogP contribution in [0.4, 0.5) is 0 Å². The number of aryl methyl sites for hydroxylation is 1. The Labute approximate surface area is 126 Å². The predicted molar refractivity (Wildman–Crippen MR) is 89.2 cm³/mol. The first-order valence-corrected chi connectivity index (χ1v) is 8.97. The first kappa shape index (κ1) is 15.6. The molecule has 0 saturated heterocycles. The highest BCUT2D eigenvalue weighted by Crippen LogP contribution is 2.28. The molecule has 0 fully saturated rings. The second-order valence-electron chi connectivity index (χ2n) is 6.64. The molecule has 0 aliphatic heterocycles. The molecule has 20 heavy (non-hydrogen) atoms. The lowest BCUT2D eigenvalue weighted by Crippen LogP contribution is -2.14. The van der Waals surface area contributed by atoms with Crippen LogP contribution in [-0.4, -0.2) is 0 Å². The average molecular weight is 272 g/mol. The minimum Gasteiger partial charge on any atom is -0.0654 e. The lowest BCUT2D eigenvalue weighted by atomic mass is 9.81. The fraction of sp³-hybridized carbons (Fsp3) is 0.700. The maximum Gasteiger partial charge on any atom is -0.0248 e. The van der Waals surface area contributed by atoms with E-state index in [0.29, 0.717) is 0 Å². The van der Waals surface area contributed by atoms with Gasteiger partial charge in [0.05, 0.1) is 0 Å². The number of rotatable bonds is 9. The second kappa shape index (κ2) is 9.21. The van der Waals surface area contributed by atoms with E-state index in [1.165, 1.54) is 77.0 Å². The summed E-state index contributed by atoms with van der Waals surface area (Å²) in [6.45, 7) is 2.29. The van der Waals surface area contributed by atoms with Crippen LogP contribution in [0.25, 0.3) is 0 Å². The second-order valence-corrected chi connectivity index (χ2v) is 6.64. The zero-order valence-electron chi connectivity index (χ0n) is 13.4. The number of unbranched alkanes of at least 4 members (excludes halogenated alkanes) is 7. The van der Waals surface area contributed by atoms with Crippen molar-refractivity contribution in [1.29, 1.82) is 0 Å². The number of fused-ring (bicyclic) bond motifs is 1. The highest BCUT2D eigenvalue weighted by atomic mass is 14.2. The molecular weight excluding hydrogens is 240 g/mol. The van der Waals surface area contributed by atoms with Gasteiger partial charge in [-0.15, -0.1) is 0 Å². The smallest absolute Gasteiger partial charge is 0.0248 e. The van der Waals surface area contributed by atoms with E-state index in [4.69, 9.17) is 0 Å². The first-order chi connectivity index (χ1) is 9.90. The molecule has 0 amide bonds. The summed E-state index contributed by atoms with van der Waals surface area (Å²) in [5.41, 5.74) is 3.24. The van der Waals surface area contributed by atoms with Crippen LogP contribution >= 0.6 is 0 Å². The number of hydrogen-bond donors (Lipinski definition) is 0. The molecule has 1 unspecified atom stereocenters. The Bertz CT molecular complexity index is 366. The molecule has 112 valence electrons. The van der Waals surface area contributed by atoms with Gasteiger partial charge < -0.3 is 0 Å². The van der Waals surface area contributed by atoms with Gasteiger partial charge in [0.1, 0.15) is 0 Å². The van der Waals surface area contributed by atoms with Crippen molar-refractivity contribution in [3.63, 3.8) is 0 Å². The molecule has 0 aromatic heterocycles. The summed E-state index contributed by atoms with van der Waals surface area (Å²) < 4.78 is 0. The van der Waals surface area contributed by atoms with Gasteiger partial charge in [0, 0.05) is 0 Å². The molecule has 1 aliphatic carbocycles. The standard InChI is InChI=1S/C20H32/c1-2-3-4-5-6-7-8-9-12-18-15-16-19-13-10-11-14-20(19)17-18/h10-11,13-14,18H,2-9,12,15-17H2,1H3. The van der Waals surface area contributed by atoms with Gasteiger partial charge >= 0.3 is 0 Å². The monoisotopic (exact) mass is 272 g/mol. The Morgan fingerprint density at radius 3 is 2.25 bits per heavy atom. The molecule has 0 N–H and O–H groups in total. The summed E-state index contributed by atoms with van der Waals surface area (Å²) >= 11 is 0. The molecule has 1 aliphatic rings. The quantitative estimate of drug-likeness (QED) is 0.461. The molecule has 0 heterocycles. The van der Waals surface area contributed by atoms with Gasteiger partial charge in [-0.05, 0) is 36.3 Å². The molecule has 1 atom stereocenters. The van der Waals surface area contributed by atoms with E-state index < -0.39 is 0 Å². The largest absolute Gasteiger partial charge is 0.0654 e. The molecule has 0 heteroatoms. The minimum absolute atomic E-state index is 0.963. The topological polar surface area (TPSA) is 0 Å². The third-order valence-corrected chi connectivity index (χ3v) is 4.91. The van der Waals surface area contributed by atoms with E-state index in [1.807, 2.05) is 0 Å². The summed E-state index contributed by atoms with van der Waals surface area (Å²) in [6.07, 6.45) is 17.1. The normalized spacial score (nSPS) is 17.9. The maximum atomic E-state index is 2.34. The highest BCUT2D eigenvalue weighted by molar-refractivity contribution is 5.29. The van der Waals surface area contributed by atoms with Gasteiger partial charge in [-0.1, -0.05) is 89.0 Å². The van der Waals surface area contributed by atoms with Gasteiger partial charge in [0.15, 0.2) is 0 Å². The van der Waals surface area contributed by atoms with Crippen molar-refractivity contribution in [3.05, 3.63) is 35.4 Å². The third kappa shape index (κ3) is 5.31. The van der Waals surface area contributed by atoms with Crippen LogP contribution in [0.1, 0.15) is 82.3 Å². The van der Waals surface area contributed by atoms with Gasteiger partial charge in [-0.2, -0.15) is 0 Å². The zero-order valence-corrected chi connectivity index (χ0v) is 13.4. The van der Waals surface area contributed by atoms with Crippen LogP contribution in [0.2, 0.25) is 0 Å². The zero-order chi connectivity index (χ0) is 14.0. The van der Waals surface area contributed by atoms with Crippen molar-refractivity contribution in [2.75, 3.05) is 0 Å². The van der Waals surface area contributed by atoms with Crippen LogP contribution in [-0.2, 0) is 12.8 Å². The summed E-state index contributed by atoms with van der Waals surface area (Å²) in [5.74, 6) is 0.963. The molecule has 0 spiro atoms. The van der Waals surface area contributed by atoms with Crippen molar-refractivity contribution in [2.24, 2.45) is 5.92 Å². The van der Waals surface area contributed by atoms with E-state index in [1.54, 1.807) is 11.1 Å². The lowest BCUT2D eigenvalue weighted by molar-refractivity contribution is 0.404. The average Bonchev–Trinajstić information content (AvgIpc) is 2.50. The maximum absolute atomic E-state index is 2.34. The Morgan fingerprint density at radius 1 is 0.850 bits per heavy atom. The summed E-state index contributed by atoms with van der Waals surface area (Å²) in [5, 5.41) is 0. The summed E-state index contributed by atoms with van der Waals surface area (Å²) in [6, 6.07) is 9.06. The van der Waals surface area contributed by atoms with Gasteiger partial charge in [-0.25, -0.2) is 0 Å². The van der Waals surface area contributed by atoms with Crippen molar-refractivity contribution in [1.82, 2.24) is 0 Å². The van der Waals surface area contributed by atoms with Crippen LogP contribution in [0.15, 0.2) is 24.3 Å². The van der Waals surface area contributed by atoms with E-state index in [0.717, 1.165) is 5.92 Å². The van der Waals surface area contributed by atoms with E-state index >= 15 is 0 Å². The molecule has 0 nitrogen and oxygen atoms in total. The van der Waals surface area contributed by atoms with Crippen molar-refractivity contribution in [2.45, 2.75) is 84.0 Å². The number of benzene rings is 1. The van der Waals surface area contributed by atoms with Gasteiger partial charge in [-0.3, -0.25) is 0 Å². The third-order valence-electron chi connectivity index (χ3n) is 4.91. The number of hydrogen-bond acceptors (Lipinski definition) is 0. The first-order valence-electron chi connectivity index (χ1n) is 8.97. The van der Waals surface area contributed by atoms with Crippen molar-refractivity contribution in [3.8, 4) is 0 Å². The fourth-order valence-corrected chi connectivity index (χ4v) is 3.59. The molecule has 1 aromatic rings. The van der Waals surface area contributed by atoms with Crippen molar-refractivity contribution >= 4 is 0 Å². The Hall–Kier alpha value is -0.780. The van der Waals surface area contributed by atoms with Gasteiger partial charge in [0.2, 0.25) is 0 Å². The Kier molecular flexibility index (Phi) is 7.19. The van der Waals surface area contributed by atoms with E-state index in [9.17, 15) is 0 Å². The van der Waals surface area contributed by atoms with Crippen LogP contribution in [0.5, 0.6) is 0 Å². The molecule has 0 radical (unpaired) electrons. The molecule has 0 bridgehead atoms. The SMILES string of the molecule is CCCCCCCCCCC1CCc2ccccc2C1. The fourth-order valence-electron chi connectivity index (χ4n) is 3.59. The lowest BCUT2D eigenvalue weighted by Gasteiger charge is -2.24. The summed E-state index contributed by atoms with van der Waals surface area (Å²) in [7, 11) is 0. The van der Waals surface area contributed by atoms with E-state index in [-0.39, 0.29) is 0 Å². The van der Waals surface area contributed by atoms with Gasteiger partial charge in [0.25, 0.3) is 0 Å². The predicted octanol–water partition coefficient (Wildman–Crippen LogP) is 6.32. The minimum atomic E-state index is 0.963. The highest BCUT2D eigenvalue weighted by Gasteiger charge is 2.17. The van der Waals surface area contributed by atoms with Crippen LogP contribution in [0.3, 0.4) is 0 Å². The summed E-state index contributed by atoms with van der Waals surface area (Å²) in [4.78, 5) is 0. The molecule has 2 rings (SSSR count). The van der Waals surface area contributed by atoms with Crippen molar-refractivity contribution < 1.29 is 0 Å². The van der Waals surface area contributed by atoms with E-state index in [2.05, 4.69) is 31.2 Å². The Balaban J connectivity index is 1.53. The Morgan fingerprint density at radius 2 is 1.50 bits per heavy atom.